The maximum Gasteiger partial charge on any atom is 0.247 e. The van der Waals surface area contributed by atoms with Gasteiger partial charge in [-0.25, -0.2) is 4.98 Å². The second kappa shape index (κ2) is 5.67. The maximum absolute atomic E-state index is 12.3. The van der Waals surface area contributed by atoms with Crippen molar-refractivity contribution in [1.29, 1.82) is 0 Å². The van der Waals surface area contributed by atoms with Gasteiger partial charge in [0.1, 0.15) is 11.9 Å². The van der Waals surface area contributed by atoms with E-state index in [1.165, 1.54) is 0 Å². The van der Waals surface area contributed by atoms with E-state index < -0.39 is 0 Å². The molecule has 0 unspecified atom stereocenters. The van der Waals surface area contributed by atoms with Gasteiger partial charge in [0.2, 0.25) is 5.91 Å². The van der Waals surface area contributed by atoms with E-state index in [1.807, 2.05) is 54.2 Å². The Labute approximate surface area is 129 Å². The molecular weight excluding hydrogens is 276 g/mol. The van der Waals surface area contributed by atoms with Crippen LogP contribution in [-0.4, -0.2) is 20.4 Å². The lowest BCUT2D eigenvalue weighted by molar-refractivity contribution is -0.118. The Bertz CT molecular complexity index is 786. The van der Waals surface area contributed by atoms with E-state index in [0.717, 1.165) is 22.5 Å². The molecule has 1 amide bonds. The smallest absolute Gasteiger partial charge is 0.247 e. The van der Waals surface area contributed by atoms with Crippen molar-refractivity contribution < 1.29 is 4.79 Å². The van der Waals surface area contributed by atoms with Crippen LogP contribution in [0.25, 0.3) is 11.0 Å². The van der Waals surface area contributed by atoms with Gasteiger partial charge in [-0.2, -0.15) is 0 Å². The van der Waals surface area contributed by atoms with Crippen LogP contribution in [0.1, 0.15) is 38.6 Å². The molecule has 0 saturated carbocycles. The van der Waals surface area contributed by atoms with Crippen LogP contribution in [0.15, 0.2) is 42.7 Å². The topological polar surface area (TPSA) is 62.7 Å². The number of hydrogen-bond donors (Lipinski definition) is 2. The number of anilines is 1. The molecule has 0 fully saturated rings. The summed E-state index contributed by atoms with van der Waals surface area (Å²) in [6.45, 7) is 6.07. The van der Waals surface area contributed by atoms with Gasteiger partial charge >= 0.3 is 0 Å². The predicted molar refractivity (Wildman–Crippen MR) is 88.0 cm³/mol. The number of benzene rings is 1. The van der Waals surface area contributed by atoms with Gasteiger partial charge in [-0.05, 0) is 37.3 Å². The van der Waals surface area contributed by atoms with Gasteiger partial charge in [-0.3, -0.25) is 4.79 Å². The van der Waals surface area contributed by atoms with Crippen LogP contribution in [0.2, 0.25) is 0 Å². The van der Waals surface area contributed by atoms with Crippen molar-refractivity contribution in [2.75, 3.05) is 5.32 Å². The molecular formula is C17H20N4O. The summed E-state index contributed by atoms with van der Waals surface area (Å²) in [4.78, 5) is 20.1. The van der Waals surface area contributed by atoms with E-state index >= 15 is 0 Å². The highest BCUT2D eigenvalue weighted by atomic mass is 16.2. The van der Waals surface area contributed by atoms with E-state index in [9.17, 15) is 4.79 Å². The summed E-state index contributed by atoms with van der Waals surface area (Å²) in [6, 6.07) is 9.30. The second-order valence-electron chi connectivity index (χ2n) is 5.80. The Morgan fingerprint density at radius 2 is 1.95 bits per heavy atom. The zero-order chi connectivity index (χ0) is 15.7. The van der Waals surface area contributed by atoms with Crippen LogP contribution >= 0.6 is 0 Å². The molecule has 0 radical (unpaired) electrons. The first-order valence-electron chi connectivity index (χ1n) is 7.47. The molecule has 0 bridgehead atoms. The summed E-state index contributed by atoms with van der Waals surface area (Å²) in [6.07, 6.45) is 3.77. The zero-order valence-corrected chi connectivity index (χ0v) is 13.0. The Kier molecular flexibility index (Phi) is 3.71. The molecule has 0 saturated heterocycles. The van der Waals surface area contributed by atoms with Crippen LogP contribution in [0.5, 0.6) is 0 Å². The largest absolute Gasteiger partial charge is 0.342 e. The minimum absolute atomic E-state index is 0.0425. The molecule has 114 valence electrons. The first kappa shape index (κ1) is 14.4. The number of hydrogen-bond acceptors (Lipinski definition) is 2. The van der Waals surface area contributed by atoms with Gasteiger partial charge in [0, 0.05) is 24.0 Å². The molecule has 1 atom stereocenters. The number of aromatic nitrogens is 3. The Hall–Kier alpha value is -2.56. The fourth-order valence-electron chi connectivity index (χ4n) is 2.37. The van der Waals surface area contributed by atoms with Gasteiger partial charge in [0.15, 0.2) is 0 Å². The summed E-state index contributed by atoms with van der Waals surface area (Å²) in [7, 11) is 0. The molecule has 0 aliphatic heterocycles. The van der Waals surface area contributed by atoms with E-state index in [2.05, 4.69) is 29.1 Å². The molecule has 3 aromatic rings. The van der Waals surface area contributed by atoms with E-state index in [1.54, 1.807) is 0 Å². The van der Waals surface area contributed by atoms with Crippen LogP contribution < -0.4 is 5.32 Å². The number of aromatic amines is 1. The lowest BCUT2D eigenvalue weighted by Crippen LogP contribution is -2.22. The third kappa shape index (κ3) is 2.74. The van der Waals surface area contributed by atoms with Crippen LogP contribution in [0.3, 0.4) is 0 Å². The van der Waals surface area contributed by atoms with Crippen molar-refractivity contribution in [1.82, 2.24) is 14.5 Å². The normalized spacial score (nSPS) is 12.7. The van der Waals surface area contributed by atoms with Crippen LogP contribution in [-0.2, 0) is 4.79 Å². The molecule has 0 aliphatic rings. The van der Waals surface area contributed by atoms with Crippen molar-refractivity contribution in [3.05, 3.63) is 48.5 Å². The molecule has 2 aromatic heterocycles. The third-order valence-corrected chi connectivity index (χ3v) is 3.77. The van der Waals surface area contributed by atoms with Gasteiger partial charge in [-0.15, -0.1) is 0 Å². The van der Waals surface area contributed by atoms with Gasteiger partial charge < -0.3 is 14.9 Å². The van der Waals surface area contributed by atoms with Gasteiger partial charge in [0.25, 0.3) is 0 Å². The molecule has 0 spiro atoms. The first-order valence-corrected chi connectivity index (χ1v) is 7.47. The van der Waals surface area contributed by atoms with Crippen LogP contribution in [0.4, 0.5) is 5.69 Å². The highest BCUT2D eigenvalue weighted by Gasteiger charge is 2.14. The van der Waals surface area contributed by atoms with Crippen molar-refractivity contribution >= 4 is 22.6 Å². The Balaban J connectivity index is 1.80. The number of imidazole rings is 1. The Morgan fingerprint density at radius 1 is 1.23 bits per heavy atom. The van der Waals surface area contributed by atoms with E-state index in [0.29, 0.717) is 5.92 Å². The standard InChI is InChI=1S/C17H20N4O/c1-11(2)16-19-14-7-6-13(10-15(14)20-16)18-17(22)12(3)21-8-4-5-9-21/h4-12H,1-3H3,(H,18,22)(H,19,20)/t12-/m0/s1. The highest BCUT2D eigenvalue weighted by molar-refractivity contribution is 5.95. The summed E-state index contributed by atoms with van der Waals surface area (Å²) >= 11 is 0. The predicted octanol–water partition coefficient (Wildman–Crippen LogP) is 3.69. The summed E-state index contributed by atoms with van der Waals surface area (Å²) < 4.78 is 1.88. The van der Waals surface area contributed by atoms with Gasteiger partial charge in [0.05, 0.1) is 11.0 Å². The van der Waals surface area contributed by atoms with Crippen molar-refractivity contribution in [3.63, 3.8) is 0 Å². The number of nitrogens with one attached hydrogen (secondary N) is 2. The molecule has 22 heavy (non-hydrogen) atoms. The monoisotopic (exact) mass is 296 g/mol. The SMILES string of the molecule is CC(C)c1nc2ccc(NC(=O)[C@H](C)n3cccc3)cc2[nH]1. The molecule has 5 nitrogen and oxygen atoms in total. The minimum atomic E-state index is -0.251. The zero-order valence-electron chi connectivity index (χ0n) is 13.0. The summed E-state index contributed by atoms with van der Waals surface area (Å²) in [5, 5.41) is 2.95. The molecule has 2 N–H and O–H groups in total. The fourth-order valence-corrected chi connectivity index (χ4v) is 2.37. The minimum Gasteiger partial charge on any atom is -0.342 e. The highest BCUT2D eigenvalue weighted by Crippen LogP contribution is 2.21. The molecule has 3 rings (SSSR count). The lowest BCUT2D eigenvalue weighted by Gasteiger charge is -2.13. The van der Waals surface area contributed by atoms with Crippen LogP contribution in [0, 0.1) is 0 Å². The number of amides is 1. The lowest BCUT2D eigenvalue weighted by atomic mass is 10.2. The number of H-pyrrole nitrogens is 1. The third-order valence-electron chi connectivity index (χ3n) is 3.77. The van der Waals surface area contributed by atoms with Crippen molar-refractivity contribution in [2.24, 2.45) is 0 Å². The molecule has 5 heteroatoms. The molecule has 0 aliphatic carbocycles. The fraction of sp³-hybridized carbons (Fsp3) is 0.294. The summed E-state index contributed by atoms with van der Waals surface area (Å²) in [5.74, 6) is 1.26. The number of carbonyl (C=O) groups excluding carboxylic acids is 1. The summed E-state index contributed by atoms with van der Waals surface area (Å²) in [5.41, 5.74) is 2.63. The second-order valence-corrected chi connectivity index (χ2v) is 5.80. The molecule has 2 heterocycles. The van der Waals surface area contributed by atoms with Crippen molar-refractivity contribution in [3.8, 4) is 0 Å². The maximum atomic E-state index is 12.3. The first-order chi connectivity index (χ1) is 10.5. The van der Waals surface area contributed by atoms with Gasteiger partial charge in [-0.1, -0.05) is 13.8 Å². The number of fused-ring (bicyclic) bond motifs is 1. The number of carbonyl (C=O) groups is 1. The van der Waals surface area contributed by atoms with E-state index in [4.69, 9.17) is 0 Å². The Morgan fingerprint density at radius 3 is 2.64 bits per heavy atom. The van der Waals surface area contributed by atoms with E-state index in [-0.39, 0.29) is 11.9 Å². The quantitative estimate of drug-likeness (QED) is 0.771. The molecule has 1 aromatic carbocycles. The van der Waals surface area contributed by atoms with Crippen molar-refractivity contribution in [2.45, 2.75) is 32.7 Å². The average Bonchev–Trinajstić information content (AvgIpc) is 3.15. The number of nitrogens with zero attached hydrogens (tertiary/aromatic N) is 2. The average molecular weight is 296 g/mol. The number of rotatable bonds is 4.